The molecule has 0 saturated heterocycles. The Morgan fingerprint density at radius 2 is 1.66 bits per heavy atom. The lowest BCUT2D eigenvalue weighted by molar-refractivity contribution is -0.137. The van der Waals surface area contributed by atoms with Crippen LogP contribution in [0.2, 0.25) is 0 Å². The number of benzene rings is 3. The number of hydrogen-bond donors (Lipinski definition) is 2. The number of carboxylic acid groups (broad SMARTS) is 1. The van der Waals surface area contributed by atoms with Crippen molar-refractivity contribution in [3.05, 3.63) is 95.2 Å². The number of nitrogens with one attached hydrogen (secondary N) is 1. The highest BCUT2D eigenvalue weighted by atomic mass is 19.4. The standard InChI is InChI=1S/C30H25F3N2O3/c1-19(6-7-22-4-3-5-26(18-22)30(31,32)33)34-28-20(2)35-38-29(28)25-15-13-24(14-16-25)23-11-8-21(9-12-23)10-17-27(36)37/h3-5,8-9,11-16,18-19,34H,6-7H2,1-2H3,(H,36,37). The highest BCUT2D eigenvalue weighted by molar-refractivity contribution is 5.87. The highest BCUT2D eigenvalue weighted by Crippen LogP contribution is 2.34. The zero-order valence-electron chi connectivity index (χ0n) is 20.8. The maximum absolute atomic E-state index is 13.0. The Morgan fingerprint density at radius 3 is 2.29 bits per heavy atom. The molecule has 0 spiro atoms. The third-order valence-corrected chi connectivity index (χ3v) is 6.05. The Morgan fingerprint density at radius 1 is 1.03 bits per heavy atom. The van der Waals surface area contributed by atoms with Gasteiger partial charge in [-0.3, -0.25) is 0 Å². The summed E-state index contributed by atoms with van der Waals surface area (Å²) in [6, 6.07) is 20.4. The van der Waals surface area contributed by atoms with Crippen LogP contribution in [0.15, 0.2) is 77.3 Å². The molecule has 0 aliphatic rings. The van der Waals surface area contributed by atoms with Gasteiger partial charge in [-0.15, -0.1) is 0 Å². The van der Waals surface area contributed by atoms with E-state index in [9.17, 15) is 18.0 Å². The lowest BCUT2D eigenvalue weighted by atomic mass is 10.0. The fourth-order valence-electron chi connectivity index (χ4n) is 4.03. The van der Waals surface area contributed by atoms with E-state index in [1.54, 1.807) is 18.2 Å². The SMILES string of the molecule is Cc1noc(-c2ccc(-c3ccc(C#CC(=O)O)cc3)cc2)c1NC(C)CCc1cccc(C(F)(F)F)c1. The maximum atomic E-state index is 13.0. The molecule has 0 aliphatic carbocycles. The van der Waals surface area contributed by atoms with Crippen molar-refractivity contribution >= 4 is 11.7 Å². The fourth-order valence-corrected chi connectivity index (χ4v) is 4.03. The molecule has 1 aromatic heterocycles. The number of aromatic nitrogens is 1. The average Bonchev–Trinajstić information content (AvgIpc) is 3.26. The first-order chi connectivity index (χ1) is 18.1. The number of hydrogen-bond acceptors (Lipinski definition) is 4. The van der Waals surface area contributed by atoms with E-state index in [1.807, 2.05) is 50.2 Å². The molecule has 0 radical (unpaired) electrons. The number of aliphatic carboxylic acids is 1. The lowest BCUT2D eigenvalue weighted by Gasteiger charge is -2.16. The van der Waals surface area contributed by atoms with Crippen molar-refractivity contribution in [3.8, 4) is 34.3 Å². The second-order valence-corrected chi connectivity index (χ2v) is 8.96. The van der Waals surface area contributed by atoms with Crippen molar-refractivity contribution in [1.82, 2.24) is 5.16 Å². The molecule has 0 bridgehead atoms. The Bertz CT molecular complexity index is 1480. The van der Waals surface area contributed by atoms with E-state index in [1.165, 1.54) is 12.1 Å². The normalized spacial score (nSPS) is 11.9. The molecule has 4 rings (SSSR count). The van der Waals surface area contributed by atoms with Gasteiger partial charge in [0.05, 0.1) is 5.56 Å². The Kier molecular flexibility index (Phi) is 7.87. The molecule has 1 unspecified atom stereocenters. The first-order valence-corrected chi connectivity index (χ1v) is 11.9. The summed E-state index contributed by atoms with van der Waals surface area (Å²) < 4.78 is 44.6. The largest absolute Gasteiger partial charge is 0.472 e. The molecule has 3 aromatic carbocycles. The topological polar surface area (TPSA) is 75.4 Å². The molecule has 2 N–H and O–H groups in total. The molecule has 0 amide bonds. The average molecular weight is 519 g/mol. The summed E-state index contributed by atoms with van der Waals surface area (Å²) in [5.41, 5.74) is 4.78. The molecule has 5 nitrogen and oxygen atoms in total. The molecule has 1 heterocycles. The molecular formula is C30H25F3N2O3. The summed E-state index contributed by atoms with van der Waals surface area (Å²) >= 11 is 0. The van der Waals surface area contributed by atoms with Gasteiger partial charge in [0.1, 0.15) is 11.4 Å². The van der Waals surface area contributed by atoms with Crippen LogP contribution >= 0.6 is 0 Å². The van der Waals surface area contributed by atoms with Crippen molar-refractivity contribution in [2.45, 2.75) is 38.9 Å². The summed E-state index contributed by atoms with van der Waals surface area (Å²) in [6.07, 6.45) is -3.24. The van der Waals surface area contributed by atoms with E-state index in [0.717, 1.165) is 28.4 Å². The smallest absolute Gasteiger partial charge is 0.416 e. The van der Waals surface area contributed by atoms with Gasteiger partial charge in [-0.2, -0.15) is 13.2 Å². The summed E-state index contributed by atoms with van der Waals surface area (Å²) in [5.74, 6) is 4.09. The third kappa shape index (κ3) is 6.62. The van der Waals surface area contributed by atoms with Gasteiger partial charge in [-0.05, 0) is 61.6 Å². The van der Waals surface area contributed by atoms with Gasteiger partial charge in [0.2, 0.25) is 0 Å². The van der Waals surface area contributed by atoms with Gasteiger partial charge in [-0.25, -0.2) is 4.79 Å². The van der Waals surface area contributed by atoms with Gasteiger partial charge in [0.15, 0.2) is 5.76 Å². The quantitative estimate of drug-likeness (QED) is 0.253. The molecular weight excluding hydrogens is 493 g/mol. The van der Waals surface area contributed by atoms with Crippen molar-refractivity contribution in [2.75, 3.05) is 5.32 Å². The van der Waals surface area contributed by atoms with Crippen LogP contribution in [0.4, 0.5) is 18.9 Å². The van der Waals surface area contributed by atoms with Crippen LogP contribution < -0.4 is 5.32 Å². The molecule has 38 heavy (non-hydrogen) atoms. The van der Waals surface area contributed by atoms with Crippen LogP contribution in [-0.4, -0.2) is 22.3 Å². The van der Waals surface area contributed by atoms with Crippen molar-refractivity contribution in [1.29, 1.82) is 0 Å². The lowest BCUT2D eigenvalue weighted by Crippen LogP contribution is -2.17. The minimum absolute atomic E-state index is 0.0385. The van der Waals surface area contributed by atoms with E-state index in [0.29, 0.717) is 35.4 Å². The molecule has 0 saturated carbocycles. The third-order valence-electron chi connectivity index (χ3n) is 6.05. The van der Waals surface area contributed by atoms with Crippen molar-refractivity contribution in [2.24, 2.45) is 0 Å². The number of nitrogens with zero attached hydrogens (tertiary/aromatic N) is 1. The zero-order valence-corrected chi connectivity index (χ0v) is 20.8. The van der Waals surface area contributed by atoms with Crippen LogP contribution in [0.1, 0.15) is 35.7 Å². The second kappa shape index (κ2) is 11.3. The molecule has 0 aliphatic heterocycles. The van der Waals surface area contributed by atoms with Gasteiger partial charge in [0.25, 0.3) is 0 Å². The maximum Gasteiger partial charge on any atom is 0.416 e. The van der Waals surface area contributed by atoms with Crippen LogP contribution in [0.25, 0.3) is 22.5 Å². The number of carbonyl (C=O) groups is 1. The summed E-state index contributed by atoms with van der Waals surface area (Å²) in [6.45, 7) is 3.80. The molecule has 194 valence electrons. The first-order valence-electron chi connectivity index (χ1n) is 11.9. The van der Waals surface area contributed by atoms with E-state index < -0.39 is 17.7 Å². The van der Waals surface area contributed by atoms with Crippen LogP contribution in [0.5, 0.6) is 0 Å². The number of alkyl halides is 3. The van der Waals surface area contributed by atoms with E-state index in [-0.39, 0.29) is 6.04 Å². The second-order valence-electron chi connectivity index (χ2n) is 8.96. The zero-order chi connectivity index (χ0) is 27.3. The summed E-state index contributed by atoms with van der Waals surface area (Å²) in [5, 5.41) is 16.2. The first kappa shape index (κ1) is 26.6. The van der Waals surface area contributed by atoms with Gasteiger partial charge < -0.3 is 14.9 Å². The van der Waals surface area contributed by atoms with Gasteiger partial charge >= 0.3 is 12.1 Å². The number of halogens is 3. The predicted octanol–water partition coefficient (Wildman–Crippen LogP) is 7.21. The van der Waals surface area contributed by atoms with Crippen molar-refractivity contribution in [3.63, 3.8) is 0 Å². The van der Waals surface area contributed by atoms with E-state index in [4.69, 9.17) is 9.63 Å². The minimum Gasteiger partial charge on any atom is -0.472 e. The predicted molar refractivity (Wildman–Crippen MR) is 139 cm³/mol. The van der Waals surface area contributed by atoms with Crippen LogP contribution in [0.3, 0.4) is 0 Å². The number of aryl methyl sites for hydroxylation is 2. The van der Waals surface area contributed by atoms with Crippen LogP contribution in [0, 0.1) is 18.8 Å². The van der Waals surface area contributed by atoms with E-state index >= 15 is 0 Å². The summed E-state index contributed by atoms with van der Waals surface area (Å²) in [4.78, 5) is 10.6. The fraction of sp³-hybridized carbons (Fsp3) is 0.200. The molecule has 4 aromatic rings. The highest BCUT2D eigenvalue weighted by Gasteiger charge is 2.30. The Balaban J connectivity index is 1.44. The number of carboxylic acids is 1. The molecule has 0 fully saturated rings. The summed E-state index contributed by atoms with van der Waals surface area (Å²) in [7, 11) is 0. The number of anilines is 1. The van der Waals surface area contributed by atoms with Gasteiger partial charge in [-0.1, -0.05) is 65.7 Å². The van der Waals surface area contributed by atoms with Crippen molar-refractivity contribution < 1.29 is 27.6 Å². The number of rotatable bonds is 7. The minimum atomic E-state index is -4.36. The van der Waals surface area contributed by atoms with E-state index in [2.05, 4.69) is 22.3 Å². The molecule has 1 atom stereocenters. The molecule has 8 heteroatoms. The Labute approximate surface area is 218 Å². The monoisotopic (exact) mass is 518 g/mol. The van der Waals surface area contributed by atoms with Crippen LogP contribution in [-0.2, 0) is 17.4 Å². The van der Waals surface area contributed by atoms with Gasteiger partial charge in [0, 0.05) is 23.1 Å². The Hall–Kier alpha value is -4.51.